The number of aliphatic hydroxyl groups is 1. The Morgan fingerprint density at radius 3 is 2.44 bits per heavy atom. The first-order chi connectivity index (χ1) is 19.9. The first-order valence-electron chi connectivity index (χ1n) is 15.1. The van der Waals surface area contributed by atoms with Gasteiger partial charge in [0.15, 0.2) is 5.96 Å². The molecule has 10 nitrogen and oxygen atoms in total. The minimum atomic E-state index is -0.984. The number of rotatable bonds is 20. The molecule has 41 heavy (non-hydrogen) atoms. The van der Waals surface area contributed by atoms with Crippen molar-refractivity contribution in [1.82, 2.24) is 15.3 Å². The number of carboxylic acid groups (broad SMARTS) is 1. The zero-order valence-corrected chi connectivity index (χ0v) is 24.1. The molecule has 0 saturated heterocycles. The largest absolute Gasteiger partial charge is 0.478 e. The molecule has 0 unspecified atom stereocenters. The summed E-state index contributed by atoms with van der Waals surface area (Å²) < 4.78 is 0. The molecule has 0 fully saturated rings. The molecule has 3 rings (SSSR count). The number of aromatic nitrogens is 2. The Balaban J connectivity index is 1.68. The van der Waals surface area contributed by atoms with Gasteiger partial charge in [-0.3, -0.25) is 9.79 Å². The van der Waals surface area contributed by atoms with Gasteiger partial charge in [0.2, 0.25) is 5.56 Å². The van der Waals surface area contributed by atoms with E-state index in [9.17, 15) is 14.7 Å². The van der Waals surface area contributed by atoms with E-state index in [1.54, 1.807) is 12.3 Å². The van der Waals surface area contributed by atoms with Gasteiger partial charge >= 0.3 is 5.97 Å². The van der Waals surface area contributed by atoms with Crippen molar-refractivity contribution >= 4 is 17.7 Å². The average Bonchev–Trinajstić information content (AvgIpc) is 3.47. The zero-order chi connectivity index (χ0) is 29.3. The van der Waals surface area contributed by atoms with Gasteiger partial charge in [0, 0.05) is 37.7 Å². The van der Waals surface area contributed by atoms with Crippen LogP contribution in [0.5, 0.6) is 0 Å². The average molecular weight is 569 g/mol. The SMILES string of the molecule is NC1=NCC[C@H](/C(=C\C(=O)O)[C@H](CC[C@H](CCCCCCCCCCO)Cc2ccc(=O)[nH]c2)Nc2ccc[nH]2)N1. The standard InChI is InChI=1S/C31H48N6O4/c32-31-34-18-16-27(37-31)25(21-30(40)41)26(36-28-11-9-17-33-28)14-12-23(20-24-13-15-29(39)35-22-24)10-7-5-3-1-2-4-6-8-19-38/h9,11,13,15,17,21-23,26-27,33,36,38H,1-8,10,12,14,16,18-20H2,(H,35,39)(H,40,41)(H3,32,34,37)/b25-21-/t23-,26-,27+/m0/s1. The Morgan fingerprint density at radius 1 is 1.05 bits per heavy atom. The smallest absolute Gasteiger partial charge is 0.328 e. The Labute approximate surface area is 242 Å². The third kappa shape index (κ3) is 12.3. The van der Waals surface area contributed by atoms with E-state index in [-0.39, 0.29) is 24.2 Å². The lowest BCUT2D eigenvalue weighted by Crippen LogP contribution is -2.48. The van der Waals surface area contributed by atoms with E-state index >= 15 is 0 Å². The van der Waals surface area contributed by atoms with Crippen molar-refractivity contribution in [2.45, 2.75) is 95.6 Å². The summed E-state index contributed by atoms with van der Waals surface area (Å²) in [4.78, 5) is 33.7. The molecule has 10 heteroatoms. The van der Waals surface area contributed by atoms with Crippen molar-refractivity contribution in [3.63, 3.8) is 0 Å². The van der Waals surface area contributed by atoms with Gasteiger partial charge in [0.1, 0.15) is 5.82 Å². The maximum absolute atomic E-state index is 11.9. The molecule has 226 valence electrons. The molecule has 0 spiro atoms. The van der Waals surface area contributed by atoms with Gasteiger partial charge in [0.25, 0.3) is 0 Å². The maximum Gasteiger partial charge on any atom is 0.328 e. The molecule has 0 bridgehead atoms. The molecule has 1 aliphatic heterocycles. The number of carboxylic acids is 1. The minimum absolute atomic E-state index is 0.106. The number of hydrogen-bond acceptors (Lipinski definition) is 7. The summed E-state index contributed by atoms with van der Waals surface area (Å²) in [5.41, 5.74) is 7.73. The predicted octanol–water partition coefficient (Wildman–Crippen LogP) is 4.31. The quantitative estimate of drug-likeness (QED) is 0.0922. The van der Waals surface area contributed by atoms with Crippen LogP contribution in [-0.4, -0.2) is 57.3 Å². The summed E-state index contributed by atoms with van der Waals surface area (Å²) >= 11 is 0. The normalized spacial score (nSPS) is 17.0. The lowest BCUT2D eigenvalue weighted by Gasteiger charge is -2.32. The van der Waals surface area contributed by atoms with Crippen LogP contribution in [-0.2, 0) is 11.2 Å². The second-order valence-electron chi connectivity index (χ2n) is 11.1. The Morgan fingerprint density at radius 2 is 1.80 bits per heavy atom. The molecule has 0 aromatic carbocycles. The number of unbranched alkanes of at least 4 members (excludes halogenated alkanes) is 7. The summed E-state index contributed by atoms with van der Waals surface area (Å²) in [6.45, 7) is 0.830. The molecule has 2 aromatic heterocycles. The van der Waals surface area contributed by atoms with Gasteiger partial charge < -0.3 is 36.5 Å². The van der Waals surface area contributed by atoms with E-state index in [0.717, 1.165) is 61.9 Å². The van der Waals surface area contributed by atoms with Crippen LogP contribution in [0.3, 0.4) is 0 Å². The highest BCUT2D eigenvalue weighted by Crippen LogP contribution is 2.27. The summed E-state index contributed by atoms with van der Waals surface area (Å²) in [7, 11) is 0. The Bertz CT molecular complexity index is 1120. The highest BCUT2D eigenvalue weighted by molar-refractivity contribution is 5.83. The number of nitrogens with two attached hydrogens (primary N) is 1. The van der Waals surface area contributed by atoms with Crippen LogP contribution in [0.1, 0.15) is 82.6 Å². The molecule has 8 N–H and O–H groups in total. The van der Waals surface area contributed by atoms with Crippen LogP contribution in [0, 0.1) is 5.92 Å². The van der Waals surface area contributed by atoms with Crippen LogP contribution in [0.4, 0.5) is 5.82 Å². The summed E-state index contributed by atoms with van der Waals surface area (Å²) in [6.07, 6.45) is 18.3. The van der Waals surface area contributed by atoms with Gasteiger partial charge in [-0.05, 0) is 61.3 Å². The van der Waals surface area contributed by atoms with Crippen molar-refractivity contribution in [1.29, 1.82) is 0 Å². The molecular formula is C31H48N6O4. The first kappa shape index (κ1) is 32.0. The van der Waals surface area contributed by atoms with Crippen molar-refractivity contribution < 1.29 is 15.0 Å². The molecular weight excluding hydrogens is 520 g/mol. The van der Waals surface area contributed by atoms with Crippen LogP contribution in [0.15, 0.2) is 58.1 Å². The molecule has 0 saturated carbocycles. The van der Waals surface area contributed by atoms with E-state index < -0.39 is 5.97 Å². The number of nitrogens with zero attached hydrogens (tertiary/aromatic N) is 1. The van der Waals surface area contributed by atoms with E-state index in [0.29, 0.717) is 24.8 Å². The minimum Gasteiger partial charge on any atom is -0.478 e. The monoisotopic (exact) mass is 568 g/mol. The number of nitrogens with one attached hydrogen (secondary N) is 4. The molecule has 2 aromatic rings. The third-order valence-electron chi connectivity index (χ3n) is 7.80. The second-order valence-corrected chi connectivity index (χ2v) is 11.1. The maximum atomic E-state index is 11.9. The zero-order valence-electron chi connectivity index (χ0n) is 24.1. The van der Waals surface area contributed by atoms with Gasteiger partial charge in [-0.25, -0.2) is 4.79 Å². The Kier molecular flexibility index (Phi) is 14.1. The first-order valence-corrected chi connectivity index (χ1v) is 15.1. The van der Waals surface area contributed by atoms with Gasteiger partial charge in [-0.1, -0.05) is 57.4 Å². The van der Waals surface area contributed by atoms with Crippen LogP contribution < -0.4 is 21.9 Å². The van der Waals surface area contributed by atoms with Crippen molar-refractivity contribution in [3.8, 4) is 0 Å². The number of aliphatic imine (C=N–C) groups is 1. The highest BCUT2D eigenvalue weighted by atomic mass is 16.4. The number of carbonyl (C=O) groups is 1. The van der Waals surface area contributed by atoms with Crippen molar-refractivity contribution in [2.24, 2.45) is 16.6 Å². The molecule has 1 aliphatic rings. The highest BCUT2D eigenvalue weighted by Gasteiger charge is 2.27. The third-order valence-corrected chi connectivity index (χ3v) is 7.80. The fraction of sp³-hybridized carbons (Fsp3) is 0.581. The molecule has 3 atom stereocenters. The van der Waals surface area contributed by atoms with Crippen molar-refractivity contribution in [2.75, 3.05) is 18.5 Å². The van der Waals surface area contributed by atoms with Crippen molar-refractivity contribution in [3.05, 3.63) is 64.2 Å². The predicted molar refractivity (Wildman–Crippen MR) is 164 cm³/mol. The topological polar surface area (TPSA) is 169 Å². The number of H-pyrrole nitrogens is 2. The summed E-state index contributed by atoms with van der Waals surface area (Å²) in [5.74, 6) is 0.568. The number of aromatic amines is 2. The number of guanidine groups is 1. The molecule has 0 aliphatic carbocycles. The number of aliphatic hydroxyl groups excluding tert-OH is 1. The van der Waals surface area contributed by atoms with Gasteiger partial charge in [0.05, 0.1) is 12.1 Å². The summed E-state index contributed by atoms with van der Waals surface area (Å²) in [5, 5.41) is 25.4. The number of anilines is 1. The van der Waals surface area contributed by atoms with E-state index in [1.165, 1.54) is 38.2 Å². The lowest BCUT2D eigenvalue weighted by atomic mass is 9.85. The second kappa shape index (κ2) is 18.0. The number of pyridine rings is 1. The van der Waals surface area contributed by atoms with Crippen LogP contribution >= 0.6 is 0 Å². The van der Waals surface area contributed by atoms with Gasteiger partial charge in [-0.15, -0.1) is 0 Å². The van der Waals surface area contributed by atoms with Gasteiger partial charge in [-0.2, -0.15) is 0 Å². The summed E-state index contributed by atoms with van der Waals surface area (Å²) in [6, 6.07) is 6.90. The number of hydrogen-bond donors (Lipinski definition) is 7. The van der Waals surface area contributed by atoms with E-state index in [4.69, 9.17) is 10.8 Å². The number of aliphatic carboxylic acids is 1. The Hall–Kier alpha value is -3.53. The van der Waals surface area contributed by atoms with Crippen LogP contribution in [0.25, 0.3) is 0 Å². The molecule has 3 heterocycles. The fourth-order valence-electron chi connectivity index (χ4n) is 5.64. The van der Waals surface area contributed by atoms with E-state index in [2.05, 4.69) is 25.6 Å². The lowest BCUT2D eigenvalue weighted by molar-refractivity contribution is -0.131. The molecule has 0 radical (unpaired) electrons. The van der Waals surface area contributed by atoms with E-state index in [1.807, 2.05) is 24.4 Å². The molecule has 0 amide bonds. The van der Waals surface area contributed by atoms with Crippen LogP contribution in [0.2, 0.25) is 0 Å². The fourth-order valence-corrected chi connectivity index (χ4v) is 5.64.